The quantitative estimate of drug-likeness (QED) is 0.178. The lowest BCUT2D eigenvalue weighted by atomic mass is 10.2. The number of carbonyl (C=O) groups is 2. The molecule has 41 heavy (non-hydrogen) atoms. The Kier molecular flexibility index (Phi) is 8.59. The Hall–Kier alpha value is -4.88. The van der Waals surface area contributed by atoms with Crippen LogP contribution < -0.4 is 25.4 Å². The summed E-state index contributed by atoms with van der Waals surface area (Å²) in [5, 5.41) is 8.83. The maximum absolute atomic E-state index is 12.5. The van der Waals surface area contributed by atoms with Gasteiger partial charge in [-0.3, -0.25) is 19.0 Å². The Balaban J connectivity index is 1.29. The Bertz CT molecular complexity index is 1620. The van der Waals surface area contributed by atoms with Crippen molar-refractivity contribution in [2.45, 2.75) is 0 Å². The lowest BCUT2D eigenvalue weighted by Gasteiger charge is -2.11. The van der Waals surface area contributed by atoms with Crippen LogP contribution in [0.5, 0.6) is 0 Å². The van der Waals surface area contributed by atoms with Crippen molar-refractivity contribution in [1.29, 1.82) is 0 Å². The van der Waals surface area contributed by atoms with Crippen molar-refractivity contribution in [2.75, 3.05) is 37.9 Å². The van der Waals surface area contributed by atoms with Crippen molar-refractivity contribution in [3.05, 3.63) is 108 Å². The Morgan fingerprint density at radius 3 is 1.00 bits per heavy atom. The average Bonchev–Trinajstić information content (AvgIpc) is 2.90. The highest BCUT2D eigenvalue weighted by molar-refractivity contribution is 7.92. The third-order valence-electron chi connectivity index (χ3n) is 5.47. The number of sulfonamides is 2. The van der Waals surface area contributed by atoms with Gasteiger partial charge in [-0.15, -0.1) is 0 Å². The molecule has 0 radical (unpaired) electrons. The van der Waals surface area contributed by atoms with Gasteiger partial charge >= 0.3 is 0 Å². The Morgan fingerprint density at radius 1 is 0.439 bits per heavy atom. The molecule has 0 spiro atoms. The van der Waals surface area contributed by atoms with Crippen LogP contribution in [-0.2, 0) is 20.0 Å². The number of nitrogens with one attached hydrogen (secondary N) is 5. The maximum atomic E-state index is 12.5. The molecule has 0 aliphatic heterocycles. The summed E-state index contributed by atoms with van der Waals surface area (Å²) in [4.78, 5) is 25.1. The summed E-state index contributed by atoms with van der Waals surface area (Å²) < 4.78 is 50.0. The van der Waals surface area contributed by atoms with Crippen molar-refractivity contribution in [3.8, 4) is 0 Å². The summed E-state index contributed by atoms with van der Waals surface area (Å²) in [6, 6.07) is 26.3. The second-order valence-electron chi connectivity index (χ2n) is 9.09. The highest BCUT2D eigenvalue weighted by atomic mass is 32.2. The minimum absolute atomic E-state index is 0.337. The lowest BCUT2D eigenvalue weighted by Crippen LogP contribution is -2.13. The van der Waals surface area contributed by atoms with Crippen molar-refractivity contribution in [2.24, 2.45) is 0 Å². The SMILES string of the molecule is CS(=O)(=O)Nc1ccc(C(=O)Nc2ccc(Nc3ccc(NC(=O)c4ccc(NS(C)(=O)=O)cc4)cc3)cc2)cc1. The predicted molar refractivity (Wildman–Crippen MR) is 162 cm³/mol. The van der Waals surface area contributed by atoms with Crippen LogP contribution in [0.2, 0.25) is 0 Å². The molecule has 11 nitrogen and oxygen atoms in total. The molecule has 0 atom stereocenters. The normalized spacial score (nSPS) is 11.3. The topological polar surface area (TPSA) is 163 Å². The zero-order valence-corrected chi connectivity index (χ0v) is 23.6. The van der Waals surface area contributed by atoms with Crippen LogP contribution in [0.15, 0.2) is 97.1 Å². The van der Waals surface area contributed by atoms with E-state index in [0.29, 0.717) is 33.9 Å². The van der Waals surface area contributed by atoms with Crippen LogP contribution in [0.1, 0.15) is 20.7 Å². The van der Waals surface area contributed by atoms with Gasteiger partial charge in [-0.25, -0.2) is 16.8 Å². The molecule has 0 saturated carbocycles. The first-order valence-electron chi connectivity index (χ1n) is 12.1. The number of amides is 2. The van der Waals surface area contributed by atoms with E-state index < -0.39 is 20.0 Å². The van der Waals surface area contributed by atoms with Gasteiger partial charge in [-0.2, -0.15) is 0 Å². The van der Waals surface area contributed by atoms with Gasteiger partial charge in [0.1, 0.15) is 0 Å². The highest BCUT2D eigenvalue weighted by Gasteiger charge is 2.09. The molecule has 13 heteroatoms. The standard InChI is InChI=1S/C28H27N5O6S2/c1-40(36,37)32-25-7-3-19(4-8-25)27(34)30-23-15-11-21(12-16-23)29-22-13-17-24(18-14-22)31-28(35)20-5-9-26(10-6-20)33-41(2,38)39/h3-18,29,32-33H,1-2H3,(H,30,34)(H,31,35). The smallest absolute Gasteiger partial charge is 0.255 e. The van der Waals surface area contributed by atoms with Gasteiger partial charge in [0.15, 0.2) is 0 Å². The van der Waals surface area contributed by atoms with E-state index in [0.717, 1.165) is 23.9 Å². The molecule has 0 heterocycles. The molecule has 0 aliphatic rings. The zero-order chi connectivity index (χ0) is 29.6. The van der Waals surface area contributed by atoms with E-state index in [2.05, 4.69) is 25.4 Å². The number of anilines is 6. The van der Waals surface area contributed by atoms with Crippen molar-refractivity contribution >= 4 is 66.0 Å². The van der Waals surface area contributed by atoms with Crippen molar-refractivity contribution < 1.29 is 26.4 Å². The summed E-state index contributed by atoms with van der Waals surface area (Å²) in [7, 11) is -6.80. The fraction of sp³-hybridized carbons (Fsp3) is 0.0714. The van der Waals surface area contributed by atoms with Crippen molar-refractivity contribution in [1.82, 2.24) is 0 Å². The number of benzene rings is 4. The minimum atomic E-state index is -3.40. The summed E-state index contributed by atoms with van der Waals surface area (Å²) in [6.07, 6.45) is 2.10. The largest absolute Gasteiger partial charge is 0.356 e. The van der Waals surface area contributed by atoms with E-state index in [1.54, 1.807) is 48.5 Å². The number of hydrogen-bond acceptors (Lipinski definition) is 7. The molecule has 0 aromatic heterocycles. The van der Waals surface area contributed by atoms with Gasteiger partial charge in [-0.1, -0.05) is 0 Å². The van der Waals surface area contributed by atoms with Gasteiger partial charge in [0.25, 0.3) is 11.8 Å². The Labute approximate surface area is 238 Å². The summed E-state index contributed by atoms with van der Waals surface area (Å²) in [5.74, 6) is -0.675. The molecule has 4 aromatic rings. The maximum Gasteiger partial charge on any atom is 0.255 e. The van der Waals surface area contributed by atoms with Crippen LogP contribution in [0.4, 0.5) is 34.1 Å². The van der Waals surface area contributed by atoms with E-state index in [1.165, 1.54) is 48.5 Å². The molecular weight excluding hydrogens is 566 g/mol. The molecule has 4 aromatic carbocycles. The van der Waals surface area contributed by atoms with Gasteiger partial charge in [0.2, 0.25) is 20.0 Å². The van der Waals surface area contributed by atoms with E-state index in [4.69, 9.17) is 0 Å². The predicted octanol–water partition coefficient (Wildman–Crippen LogP) is 4.68. The second-order valence-corrected chi connectivity index (χ2v) is 12.6. The summed E-state index contributed by atoms with van der Waals surface area (Å²) in [5.41, 5.74) is 4.20. The lowest BCUT2D eigenvalue weighted by molar-refractivity contribution is 0.101. The summed E-state index contributed by atoms with van der Waals surface area (Å²) >= 11 is 0. The Morgan fingerprint density at radius 2 is 0.707 bits per heavy atom. The fourth-order valence-electron chi connectivity index (χ4n) is 3.65. The molecule has 0 aliphatic carbocycles. The highest BCUT2D eigenvalue weighted by Crippen LogP contribution is 2.22. The molecule has 0 fully saturated rings. The molecule has 0 saturated heterocycles. The fourth-order valence-corrected chi connectivity index (χ4v) is 4.78. The van der Waals surface area contributed by atoms with Gasteiger partial charge in [0.05, 0.1) is 12.5 Å². The van der Waals surface area contributed by atoms with E-state index in [-0.39, 0.29) is 11.8 Å². The first-order chi connectivity index (χ1) is 19.3. The van der Waals surface area contributed by atoms with Gasteiger partial charge in [0, 0.05) is 45.3 Å². The third-order valence-corrected chi connectivity index (χ3v) is 6.69. The van der Waals surface area contributed by atoms with Crippen molar-refractivity contribution in [3.63, 3.8) is 0 Å². The van der Waals surface area contributed by atoms with Gasteiger partial charge in [-0.05, 0) is 97.1 Å². The number of hydrogen-bond donors (Lipinski definition) is 5. The zero-order valence-electron chi connectivity index (χ0n) is 22.0. The molecule has 212 valence electrons. The molecule has 0 unspecified atom stereocenters. The molecular formula is C28H27N5O6S2. The first kappa shape index (κ1) is 29.1. The molecule has 0 bridgehead atoms. The van der Waals surface area contributed by atoms with Crippen LogP contribution in [-0.4, -0.2) is 41.2 Å². The average molecular weight is 594 g/mol. The first-order valence-corrected chi connectivity index (χ1v) is 15.9. The van der Waals surface area contributed by atoms with Gasteiger partial charge < -0.3 is 16.0 Å². The van der Waals surface area contributed by atoms with E-state index >= 15 is 0 Å². The molecule has 2 amide bonds. The minimum Gasteiger partial charge on any atom is -0.356 e. The second kappa shape index (κ2) is 12.1. The van der Waals surface area contributed by atoms with Crippen LogP contribution >= 0.6 is 0 Å². The number of carbonyl (C=O) groups excluding carboxylic acids is 2. The van der Waals surface area contributed by atoms with Crippen LogP contribution in [0.3, 0.4) is 0 Å². The third kappa shape index (κ3) is 9.08. The molecule has 5 N–H and O–H groups in total. The van der Waals surface area contributed by atoms with Crippen LogP contribution in [0.25, 0.3) is 0 Å². The summed E-state index contributed by atoms with van der Waals surface area (Å²) in [6.45, 7) is 0. The van der Waals surface area contributed by atoms with E-state index in [1.807, 2.05) is 0 Å². The number of rotatable bonds is 10. The van der Waals surface area contributed by atoms with Crippen LogP contribution in [0, 0.1) is 0 Å². The monoisotopic (exact) mass is 593 g/mol. The molecule has 4 rings (SSSR count). The van der Waals surface area contributed by atoms with E-state index in [9.17, 15) is 26.4 Å².